The van der Waals surface area contributed by atoms with Crippen LogP contribution in [0.2, 0.25) is 0 Å². The first kappa shape index (κ1) is 16.4. The van der Waals surface area contributed by atoms with Crippen molar-refractivity contribution >= 4 is 5.97 Å². The minimum atomic E-state index is -2.45. The first-order chi connectivity index (χ1) is 7.91. The van der Waals surface area contributed by atoms with Crippen molar-refractivity contribution in [3.8, 4) is 0 Å². The summed E-state index contributed by atoms with van der Waals surface area (Å²) in [6, 6.07) is 0. The van der Waals surface area contributed by atoms with Gasteiger partial charge in [0.05, 0.1) is 0 Å². The van der Waals surface area contributed by atoms with E-state index in [-0.39, 0.29) is 6.42 Å². The average Bonchev–Trinajstić information content (AvgIpc) is 2.24. The molecule has 1 unspecified atom stereocenters. The highest BCUT2D eigenvalue weighted by Crippen LogP contribution is 2.12. The molecule has 1 atom stereocenters. The summed E-state index contributed by atoms with van der Waals surface area (Å²) in [5, 5.41) is 18.2. The second-order valence-corrected chi connectivity index (χ2v) is 4.33. The van der Waals surface area contributed by atoms with Gasteiger partial charge in [-0.05, 0) is 12.8 Å². The van der Waals surface area contributed by atoms with Gasteiger partial charge in [0.25, 0.3) is 5.91 Å². The van der Waals surface area contributed by atoms with E-state index in [1.54, 1.807) is 6.92 Å². The predicted molar refractivity (Wildman–Crippen MR) is 64.9 cm³/mol. The molecule has 0 bridgehead atoms. The molecule has 17 heavy (non-hydrogen) atoms. The van der Waals surface area contributed by atoms with Gasteiger partial charge < -0.3 is 14.9 Å². The number of rotatable bonds is 9. The SMILES string of the molecule is CCCCCCCC(=O)OC(CC)C(N)(O)O. The standard InChI is InChI=1S/C12H25NO4/c1-3-5-6-7-8-9-11(14)17-10(4-2)12(13,15)16/h10,15-16H,3-9,13H2,1-2H3. The van der Waals surface area contributed by atoms with Crippen LogP contribution in [0.5, 0.6) is 0 Å². The number of nitrogens with two attached hydrogens (primary N) is 1. The summed E-state index contributed by atoms with van der Waals surface area (Å²) in [6.07, 6.45) is 4.71. The van der Waals surface area contributed by atoms with Gasteiger partial charge in [0, 0.05) is 6.42 Å². The van der Waals surface area contributed by atoms with E-state index in [0.29, 0.717) is 6.42 Å². The van der Waals surface area contributed by atoms with E-state index in [4.69, 9.17) is 20.7 Å². The van der Waals surface area contributed by atoms with Crippen molar-refractivity contribution in [1.82, 2.24) is 0 Å². The third-order valence-electron chi connectivity index (χ3n) is 2.60. The second-order valence-electron chi connectivity index (χ2n) is 4.33. The first-order valence-electron chi connectivity index (χ1n) is 6.34. The van der Waals surface area contributed by atoms with Crippen LogP contribution in [0.25, 0.3) is 0 Å². The number of hydrogen-bond donors (Lipinski definition) is 3. The van der Waals surface area contributed by atoms with Crippen molar-refractivity contribution in [3.05, 3.63) is 0 Å². The van der Waals surface area contributed by atoms with Crippen molar-refractivity contribution in [3.63, 3.8) is 0 Å². The van der Waals surface area contributed by atoms with E-state index >= 15 is 0 Å². The van der Waals surface area contributed by atoms with Crippen LogP contribution in [-0.4, -0.2) is 28.2 Å². The van der Waals surface area contributed by atoms with Crippen LogP contribution in [-0.2, 0) is 9.53 Å². The van der Waals surface area contributed by atoms with Gasteiger partial charge in [-0.15, -0.1) is 0 Å². The average molecular weight is 247 g/mol. The molecule has 0 aromatic heterocycles. The second kappa shape index (κ2) is 8.44. The molecule has 5 heteroatoms. The van der Waals surface area contributed by atoms with Gasteiger partial charge in [0.1, 0.15) is 0 Å². The molecule has 4 N–H and O–H groups in total. The van der Waals surface area contributed by atoms with Gasteiger partial charge in [-0.3, -0.25) is 10.5 Å². The number of carbonyl (C=O) groups excluding carboxylic acids is 1. The Hall–Kier alpha value is -0.650. The van der Waals surface area contributed by atoms with E-state index in [2.05, 4.69) is 6.92 Å². The molecule has 5 nitrogen and oxygen atoms in total. The van der Waals surface area contributed by atoms with E-state index < -0.39 is 18.0 Å². The molecule has 0 aliphatic rings. The Kier molecular flexibility index (Phi) is 8.12. The Morgan fingerprint density at radius 2 is 1.82 bits per heavy atom. The van der Waals surface area contributed by atoms with Gasteiger partial charge in [-0.25, -0.2) is 0 Å². The molecule has 0 aromatic carbocycles. The number of esters is 1. The summed E-state index contributed by atoms with van der Waals surface area (Å²) in [5.41, 5.74) is 5.07. The fourth-order valence-electron chi connectivity index (χ4n) is 1.56. The van der Waals surface area contributed by atoms with Crippen molar-refractivity contribution in [1.29, 1.82) is 0 Å². The quantitative estimate of drug-likeness (QED) is 0.324. The molecule has 0 aliphatic carbocycles. The monoisotopic (exact) mass is 247 g/mol. The minimum absolute atomic E-state index is 0.269. The summed E-state index contributed by atoms with van der Waals surface area (Å²) in [6.45, 7) is 3.80. The maximum Gasteiger partial charge on any atom is 0.306 e. The Labute approximate surface area is 103 Å². The fraction of sp³-hybridized carbons (Fsp3) is 0.917. The maximum absolute atomic E-state index is 11.4. The third-order valence-corrected chi connectivity index (χ3v) is 2.60. The highest BCUT2D eigenvalue weighted by atomic mass is 16.6. The van der Waals surface area contributed by atoms with Crippen molar-refractivity contribution < 1.29 is 19.7 Å². The van der Waals surface area contributed by atoms with Gasteiger partial charge in [0.2, 0.25) is 0 Å². The van der Waals surface area contributed by atoms with Crippen LogP contribution in [0.4, 0.5) is 0 Å². The number of ether oxygens (including phenoxy) is 1. The van der Waals surface area contributed by atoms with Crippen molar-refractivity contribution in [2.45, 2.75) is 70.8 Å². The van der Waals surface area contributed by atoms with Crippen molar-refractivity contribution in [2.75, 3.05) is 0 Å². The molecular weight excluding hydrogens is 222 g/mol. The summed E-state index contributed by atoms with van der Waals surface area (Å²) in [4.78, 5) is 11.4. The molecule has 0 heterocycles. The highest BCUT2D eigenvalue weighted by Gasteiger charge is 2.31. The van der Waals surface area contributed by atoms with Crippen LogP contribution in [0.1, 0.15) is 58.8 Å². The zero-order chi connectivity index (χ0) is 13.3. The van der Waals surface area contributed by atoms with Crippen LogP contribution in [0.15, 0.2) is 0 Å². The van der Waals surface area contributed by atoms with E-state index in [0.717, 1.165) is 25.7 Å². The van der Waals surface area contributed by atoms with E-state index in [1.807, 2.05) is 0 Å². The predicted octanol–water partition coefficient (Wildman–Crippen LogP) is 1.27. The summed E-state index contributed by atoms with van der Waals surface area (Å²) >= 11 is 0. The number of aliphatic hydroxyl groups is 2. The number of carbonyl (C=O) groups is 1. The molecule has 0 amide bonds. The lowest BCUT2D eigenvalue weighted by atomic mass is 10.1. The molecule has 0 fully saturated rings. The number of unbranched alkanes of at least 4 members (excludes halogenated alkanes) is 4. The number of hydrogen-bond acceptors (Lipinski definition) is 5. The molecule has 0 aromatic rings. The molecule has 0 saturated heterocycles. The molecule has 0 aliphatic heterocycles. The first-order valence-corrected chi connectivity index (χ1v) is 6.34. The Bertz CT molecular complexity index is 213. The summed E-state index contributed by atoms with van der Waals surface area (Å²) in [5.74, 6) is -2.88. The van der Waals surface area contributed by atoms with Gasteiger partial charge in [-0.1, -0.05) is 39.5 Å². The summed E-state index contributed by atoms with van der Waals surface area (Å²) < 4.78 is 4.91. The lowest BCUT2D eigenvalue weighted by Gasteiger charge is -2.25. The van der Waals surface area contributed by atoms with Crippen LogP contribution >= 0.6 is 0 Å². The minimum Gasteiger partial charge on any atom is -0.455 e. The molecule has 0 saturated carbocycles. The lowest BCUT2D eigenvalue weighted by Crippen LogP contribution is -2.52. The highest BCUT2D eigenvalue weighted by molar-refractivity contribution is 5.69. The zero-order valence-electron chi connectivity index (χ0n) is 10.8. The van der Waals surface area contributed by atoms with Crippen LogP contribution < -0.4 is 5.73 Å². The van der Waals surface area contributed by atoms with E-state index in [9.17, 15) is 4.79 Å². The topological polar surface area (TPSA) is 92.8 Å². The van der Waals surface area contributed by atoms with Gasteiger partial charge in [-0.2, -0.15) is 0 Å². The van der Waals surface area contributed by atoms with Gasteiger partial charge in [0.15, 0.2) is 6.10 Å². The molecule has 102 valence electrons. The Morgan fingerprint density at radius 3 is 2.29 bits per heavy atom. The molecule has 0 radical (unpaired) electrons. The fourth-order valence-corrected chi connectivity index (χ4v) is 1.56. The molecule has 0 spiro atoms. The normalized spacial score (nSPS) is 13.5. The smallest absolute Gasteiger partial charge is 0.306 e. The van der Waals surface area contributed by atoms with Crippen LogP contribution in [0.3, 0.4) is 0 Å². The molecular formula is C12H25NO4. The lowest BCUT2D eigenvalue weighted by molar-refractivity contribution is -0.233. The molecule has 0 rings (SSSR count). The largest absolute Gasteiger partial charge is 0.455 e. The Balaban J connectivity index is 3.77. The Morgan fingerprint density at radius 1 is 1.24 bits per heavy atom. The maximum atomic E-state index is 11.4. The van der Waals surface area contributed by atoms with Crippen LogP contribution in [0, 0.1) is 0 Å². The van der Waals surface area contributed by atoms with E-state index in [1.165, 1.54) is 6.42 Å². The van der Waals surface area contributed by atoms with Crippen molar-refractivity contribution in [2.24, 2.45) is 5.73 Å². The van der Waals surface area contributed by atoms with Gasteiger partial charge >= 0.3 is 5.97 Å². The summed E-state index contributed by atoms with van der Waals surface area (Å²) in [7, 11) is 0. The third kappa shape index (κ3) is 8.12. The zero-order valence-corrected chi connectivity index (χ0v) is 10.8.